The number of nitrogens with zero attached hydrogens (tertiary/aromatic N) is 3. The largest absolute Gasteiger partial charge is 0.462 e. The minimum Gasteiger partial charge on any atom is -0.462 e. The van der Waals surface area contributed by atoms with Gasteiger partial charge in [0.1, 0.15) is 0 Å². The van der Waals surface area contributed by atoms with Crippen LogP contribution in [-0.2, 0) is 11.2 Å². The topological polar surface area (TPSA) is 92.8 Å². The third-order valence-corrected chi connectivity index (χ3v) is 2.71. The van der Waals surface area contributed by atoms with Gasteiger partial charge in [-0.3, -0.25) is 5.10 Å². The highest BCUT2D eigenvalue weighted by molar-refractivity contribution is 5.90. The Morgan fingerprint density at radius 2 is 2.35 bits per heavy atom. The van der Waals surface area contributed by atoms with Crippen molar-refractivity contribution in [3.05, 3.63) is 35.4 Å². The summed E-state index contributed by atoms with van der Waals surface area (Å²) in [5.41, 5.74) is 2.03. The van der Waals surface area contributed by atoms with E-state index in [0.29, 0.717) is 30.4 Å². The van der Waals surface area contributed by atoms with Gasteiger partial charge in [-0.15, -0.1) is 0 Å². The fraction of sp³-hybridized carbons (Fsp3) is 0.385. The lowest BCUT2D eigenvalue weighted by atomic mass is 10.2. The first kappa shape index (κ1) is 14.0. The van der Waals surface area contributed by atoms with Crippen LogP contribution in [0.25, 0.3) is 0 Å². The third kappa shape index (κ3) is 3.53. The van der Waals surface area contributed by atoms with Crippen LogP contribution in [0.15, 0.2) is 18.5 Å². The van der Waals surface area contributed by atoms with Gasteiger partial charge < -0.3 is 10.1 Å². The molecule has 0 unspecified atom stereocenters. The van der Waals surface area contributed by atoms with Gasteiger partial charge in [0, 0.05) is 31.1 Å². The smallest absolute Gasteiger partial charge is 0.341 e. The highest BCUT2D eigenvalue weighted by Gasteiger charge is 2.12. The molecule has 0 fully saturated rings. The van der Waals surface area contributed by atoms with E-state index in [2.05, 4.69) is 25.5 Å². The van der Waals surface area contributed by atoms with E-state index in [1.165, 1.54) is 6.20 Å². The van der Waals surface area contributed by atoms with Crippen LogP contribution in [0, 0.1) is 6.92 Å². The fourth-order valence-corrected chi connectivity index (χ4v) is 1.69. The number of nitrogens with one attached hydrogen (secondary N) is 2. The first-order chi connectivity index (χ1) is 9.70. The van der Waals surface area contributed by atoms with Crippen molar-refractivity contribution in [2.24, 2.45) is 0 Å². The van der Waals surface area contributed by atoms with E-state index in [9.17, 15) is 4.79 Å². The summed E-state index contributed by atoms with van der Waals surface area (Å²) in [4.78, 5) is 20.0. The lowest BCUT2D eigenvalue weighted by molar-refractivity contribution is 0.0524. The van der Waals surface area contributed by atoms with Gasteiger partial charge in [-0.2, -0.15) is 5.10 Å². The molecule has 106 valence electrons. The summed E-state index contributed by atoms with van der Waals surface area (Å²) in [5, 5.41) is 9.86. The van der Waals surface area contributed by atoms with E-state index in [-0.39, 0.29) is 0 Å². The zero-order chi connectivity index (χ0) is 14.4. The lowest BCUT2D eigenvalue weighted by Crippen LogP contribution is -2.12. The predicted molar refractivity (Wildman–Crippen MR) is 73.5 cm³/mol. The molecular weight excluding hydrogens is 258 g/mol. The highest BCUT2D eigenvalue weighted by Crippen LogP contribution is 2.08. The average Bonchev–Trinajstić information content (AvgIpc) is 2.92. The van der Waals surface area contributed by atoms with E-state index in [1.807, 2.05) is 6.07 Å². The number of esters is 1. The summed E-state index contributed by atoms with van der Waals surface area (Å²) < 4.78 is 4.93. The molecule has 0 aliphatic carbocycles. The van der Waals surface area contributed by atoms with Crippen LogP contribution in [-0.4, -0.2) is 39.3 Å². The molecule has 20 heavy (non-hydrogen) atoms. The number of hydrogen-bond donors (Lipinski definition) is 2. The molecule has 0 saturated carbocycles. The Morgan fingerprint density at radius 1 is 1.50 bits per heavy atom. The van der Waals surface area contributed by atoms with E-state index in [4.69, 9.17) is 4.74 Å². The van der Waals surface area contributed by atoms with Crippen molar-refractivity contribution >= 4 is 11.9 Å². The molecule has 0 bridgehead atoms. The molecule has 2 aromatic heterocycles. The average molecular weight is 275 g/mol. The van der Waals surface area contributed by atoms with Gasteiger partial charge in [0.25, 0.3) is 0 Å². The van der Waals surface area contributed by atoms with Gasteiger partial charge in [-0.05, 0) is 19.9 Å². The number of aromatic amines is 1. The molecule has 2 heterocycles. The summed E-state index contributed by atoms with van der Waals surface area (Å²) in [6.45, 7) is 4.54. The van der Waals surface area contributed by atoms with Gasteiger partial charge in [-0.25, -0.2) is 14.8 Å². The fourth-order valence-electron chi connectivity index (χ4n) is 1.69. The Kier molecular flexibility index (Phi) is 4.65. The summed E-state index contributed by atoms with van der Waals surface area (Å²) in [5.74, 6) is 0.101. The molecule has 7 nitrogen and oxygen atoms in total. The molecule has 0 amide bonds. The zero-order valence-corrected chi connectivity index (χ0v) is 11.5. The van der Waals surface area contributed by atoms with Crippen LogP contribution in [0.3, 0.4) is 0 Å². The summed E-state index contributed by atoms with van der Waals surface area (Å²) >= 11 is 0. The molecule has 0 atom stereocenters. The maximum Gasteiger partial charge on any atom is 0.341 e. The second kappa shape index (κ2) is 6.65. The zero-order valence-electron chi connectivity index (χ0n) is 11.5. The maximum absolute atomic E-state index is 11.6. The van der Waals surface area contributed by atoms with Gasteiger partial charge in [0.15, 0.2) is 0 Å². The molecule has 0 aromatic carbocycles. The number of carbonyl (C=O) groups is 1. The molecule has 0 aliphatic heterocycles. The van der Waals surface area contributed by atoms with Crippen molar-refractivity contribution in [3.63, 3.8) is 0 Å². The second-order valence-corrected chi connectivity index (χ2v) is 4.17. The van der Waals surface area contributed by atoms with Crippen molar-refractivity contribution in [2.75, 3.05) is 18.5 Å². The molecule has 0 spiro atoms. The number of aryl methyl sites for hydroxylation is 1. The highest BCUT2D eigenvalue weighted by atomic mass is 16.5. The minimum atomic E-state index is -0.394. The van der Waals surface area contributed by atoms with Crippen LogP contribution in [0.2, 0.25) is 0 Å². The van der Waals surface area contributed by atoms with E-state index < -0.39 is 5.97 Å². The van der Waals surface area contributed by atoms with Crippen LogP contribution in [0.1, 0.15) is 28.7 Å². The lowest BCUT2D eigenvalue weighted by Gasteiger charge is -2.07. The van der Waals surface area contributed by atoms with Crippen LogP contribution in [0.5, 0.6) is 0 Å². The van der Waals surface area contributed by atoms with Crippen LogP contribution >= 0.6 is 0 Å². The molecule has 0 saturated heterocycles. The first-order valence-electron chi connectivity index (χ1n) is 6.43. The Hall–Kier alpha value is -2.44. The Bertz CT molecular complexity index is 568. The summed E-state index contributed by atoms with van der Waals surface area (Å²) in [6, 6.07) is 1.91. The minimum absolute atomic E-state index is 0.336. The Morgan fingerprint density at radius 3 is 3.00 bits per heavy atom. The van der Waals surface area contributed by atoms with Crippen molar-refractivity contribution in [2.45, 2.75) is 20.3 Å². The van der Waals surface area contributed by atoms with Crippen molar-refractivity contribution in [1.82, 2.24) is 20.2 Å². The summed E-state index contributed by atoms with van der Waals surface area (Å²) in [6.07, 6.45) is 3.99. The molecular formula is C13H17N5O2. The van der Waals surface area contributed by atoms with Gasteiger partial charge in [-0.1, -0.05) is 0 Å². The first-order valence-corrected chi connectivity index (χ1v) is 6.43. The van der Waals surface area contributed by atoms with E-state index in [1.54, 1.807) is 20.0 Å². The van der Waals surface area contributed by atoms with Crippen molar-refractivity contribution in [3.8, 4) is 0 Å². The number of rotatable bonds is 6. The molecule has 0 aliphatic rings. The molecule has 2 N–H and O–H groups in total. The van der Waals surface area contributed by atoms with E-state index in [0.717, 1.165) is 12.1 Å². The van der Waals surface area contributed by atoms with Crippen molar-refractivity contribution < 1.29 is 9.53 Å². The van der Waals surface area contributed by atoms with Gasteiger partial charge in [0.2, 0.25) is 5.95 Å². The number of carbonyl (C=O) groups excluding carboxylic acids is 1. The van der Waals surface area contributed by atoms with Gasteiger partial charge >= 0.3 is 5.97 Å². The number of aromatic nitrogens is 4. The van der Waals surface area contributed by atoms with Gasteiger partial charge in [0.05, 0.1) is 17.9 Å². The molecule has 2 rings (SSSR count). The molecule has 0 radical (unpaired) electrons. The maximum atomic E-state index is 11.6. The van der Waals surface area contributed by atoms with Crippen molar-refractivity contribution in [1.29, 1.82) is 0 Å². The standard InChI is InChI=1S/C13H17N5O2/c1-3-20-12(19)11-8-15-13(17-9(11)2)14-6-4-10-5-7-16-18-10/h5,7-8H,3-4,6H2,1-2H3,(H,16,18)(H,14,15,17). The molecule has 2 aromatic rings. The number of ether oxygens (including phenoxy) is 1. The van der Waals surface area contributed by atoms with E-state index >= 15 is 0 Å². The normalized spacial score (nSPS) is 10.3. The van der Waals surface area contributed by atoms with Crippen LogP contribution in [0.4, 0.5) is 5.95 Å². The SMILES string of the molecule is CCOC(=O)c1cnc(NCCc2ccn[nH]2)nc1C. The predicted octanol–water partition coefficient (Wildman–Crippen LogP) is 1.34. The number of H-pyrrole nitrogens is 1. The Balaban J connectivity index is 1.93. The second-order valence-electron chi connectivity index (χ2n) is 4.17. The Labute approximate surface area is 116 Å². The quantitative estimate of drug-likeness (QED) is 0.773. The monoisotopic (exact) mass is 275 g/mol. The third-order valence-electron chi connectivity index (χ3n) is 2.71. The molecule has 7 heteroatoms. The number of hydrogen-bond acceptors (Lipinski definition) is 6. The summed E-state index contributed by atoms with van der Waals surface area (Å²) in [7, 11) is 0. The number of anilines is 1. The van der Waals surface area contributed by atoms with Crippen LogP contribution < -0.4 is 5.32 Å².